The van der Waals surface area contributed by atoms with Gasteiger partial charge in [-0.1, -0.05) is 39.8 Å². The molecule has 0 aromatic carbocycles. The van der Waals surface area contributed by atoms with Crippen molar-refractivity contribution in [2.75, 3.05) is 31.1 Å². The topological polar surface area (TPSA) is 88.9 Å². The summed E-state index contributed by atoms with van der Waals surface area (Å²) >= 11 is 0. The van der Waals surface area contributed by atoms with Gasteiger partial charge in [0, 0.05) is 38.9 Å². The standard InChI is InChI=1S/C27H32N6OSi/c1-27(2,3)35(4,5)13-8-21-15-24-25(31-26(21)34)14-20(17-30-24)19-32-9-11-33(12-10-32)23-7-6-22(16-28)29-18-23/h6-7,14-15,17-18H,9-12,19H2,1-5H3,(H,31,34). The minimum Gasteiger partial charge on any atom is -0.368 e. The number of aromatic amines is 1. The first-order valence-electron chi connectivity index (χ1n) is 11.9. The van der Waals surface area contributed by atoms with Gasteiger partial charge in [0.1, 0.15) is 19.8 Å². The fourth-order valence-electron chi connectivity index (χ4n) is 3.78. The van der Waals surface area contributed by atoms with Gasteiger partial charge >= 0.3 is 0 Å². The Hall–Kier alpha value is -3.46. The van der Waals surface area contributed by atoms with Crippen molar-refractivity contribution < 1.29 is 0 Å². The first-order chi connectivity index (χ1) is 16.6. The molecule has 1 fully saturated rings. The van der Waals surface area contributed by atoms with Crippen molar-refractivity contribution in [3.8, 4) is 17.5 Å². The molecule has 1 aliphatic rings. The average Bonchev–Trinajstić information content (AvgIpc) is 2.82. The highest BCUT2D eigenvalue weighted by Crippen LogP contribution is 2.35. The molecule has 0 unspecified atom stereocenters. The van der Waals surface area contributed by atoms with Gasteiger partial charge in [0.25, 0.3) is 5.56 Å². The van der Waals surface area contributed by atoms with Crippen LogP contribution in [0.1, 0.15) is 37.6 Å². The van der Waals surface area contributed by atoms with Crippen molar-refractivity contribution in [1.82, 2.24) is 19.9 Å². The molecule has 3 aromatic heterocycles. The molecule has 0 bridgehead atoms. The normalized spacial score (nSPS) is 14.9. The molecular formula is C27H32N6OSi. The van der Waals surface area contributed by atoms with Gasteiger partial charge in [0.05, 0.1) is 28.5 Å². The Morgan fingerprint density at radius 3 is 2.46 bits per heavy atom. The summed E-state index contributed by atoms with van der Waals surface area (Å²) in [5.74, 6) is 3.15. The Balaban J connectivity index is 1.44. The largest absolute Gasteiger partial charge is 0.368 e. The van der Waals surface area contributed by atoms with Gasteiger partial charge in [-0.25, -0.2) is 4.98 Å². The monoisotopic (exact) mass is 484 g/mol. The van der Waals surface area contributed by atoms with Crippen molar-refractivity contribution in [1.29, 1.82) is 5.26 Å². The van der Waals surface area contributed by atoms with Gasteiger partial charge in [-0.2, -0.15) is 5.26 Å². The summed E-state index contributed by atoms with van der Waals surface area (Å²) in [5.41, 5.74) is 7.79. The molecule has 0 amide bonds. The third kappa shape index (κ3) is 5.62. The number of aromatic nitrogens is 3. The van der Waals surface area contributed by atoms with Crippen LogP contribution < -0.4 is 10.5 Å². The molecule has 180 valence electrons. The van der Waals surface area contributed by atoms with Gasteiger partial charge in [0.2, 0.25) is 0 Å². The molecule has 7 nitrogen and oxygen atoms in total. The number of anilines is 1. The maximum atomic E-state index is 12.7. The minimum atomic E-state index is -1.80. The summed E-state index contributed by atoms with van der Waals surface area (Å²) in [6.07, 6.45) is 3.66. The maximum absolute atomic E-state index is 12.7. The van der Waals surface area contributed by atoms with Gasteiger partial charge in [-0.3, -0.25) is 14.7 Å². The molecule has 0 radical (unpaired) electrons. The molecule has 0 aliphatic carbocycles. The molecule has 1 aliphatic heterocycles. The Morgan fingerprint density at radius 2 is 1.83 bits per heavy atom. The number of pyridine rings is 3. The van der Waals surface area contributed by atoms with Crippen LogP contribution in [0.25, 0.3) is 11.0 Å². The lowest BCUT2D eigenvalue weighted by molar-refractivity contribution is 0.249. The van der Waals surface area contributed by atoms with Crippen LogP contribution in [0.3, 0.4) is 0 Å². The van der Waals surface area contributed by atoms with Crippen LogP contribution >= 0.6 is 0 Å². The van der Waals surface area contributed by atoms with Crippen molar-refractivity contribution in [3.63, 3.8) is 0 Å². The summed E-state index contributed by atoms with van der Waals surface area (Å²) in [5, 5.41) is 9.07. The number of H-pyrrole nitrogens is 1. The molecule has 0 saturated carbocycles. The third-order valence-electron chi connectivity index (χ3n) is 7.14. The van der Waals surface area contributed by atoms with E-state index < -0.39 is 8.07 Å². The molecule has 0 atom stereocenters. The predicted molar refractivity (Wildman–Crippen MR) is 143 cm³/mol. The second kappa shape index (κ2) is 9.65. The lowest BCUT2D eigenvalue weighted by Gasteiger charge is -2.35. The molecule has 3 aromatic rings. The van der Waals surface area contributed by atoms with E-state index in [0.29, 0.717) is 11.3 Å². The van der Waals surface area contributed by atoms with E-state index in [1.54, 1.807) is 12.3 Å². The van der Waals surface area contributed by atoms with E-state index in [2.05, 4.69) is 76.2 Å². The van der Waals surface area contributed by atoms with Gasteiger partial charge in [0.15, 0.2) is 0 Å². The van der Waals surface area contributed by atoms with Crippen LogP contribution in [0.5, 0.6) is 0 Å². The van der Waals surface area contributed by atoms with Crippen LogP contribution in [0.4, 0.5) is 5.69 Å². The Labute approximate surface area is 207 Å². The summed E-state index contributed by atoms with van der Waals surface area (Å²) in [6, 6.07) is 9.60. The Bertz CT molecular complexity index is 1380. The smallest absolute Gasteiger partial charge is 0.264 e. The maximum Gasteiger partial charge on any atom is 0.264 e. The number of rotatable bonds is 3. The number of nitrogens with one attached hydrogen (secondary N) is 1. The van der Waals surface area contributed by atoms with E-state index in [1.807, 2.05) is 24.4 Å². The van der Waals surface area contributed by atoms with Crippen LogP contribution in [0, 0.1) is 22.8 Å². The number of nitrogens with zero attached hydrogens (tertiary/aromatic N) is 5. The first-order valence-corrected chi connectivity index (χ1v) is 14.9. The summed E-state index contributed by atoms with van der Waals surface area (Å²) in [7, 11) is -1.80. The second-order valence-corrected chi connectivity index (χ2v) is 15.7. The van der Waals surface area contributed by atoms with E-state index in [0.717, 1.165) is 55.0 Å². The SMILES string of the molecule is CC(C)(C)[Si](C)(C)C#Cc1cc2ncc(CN3CCN(c4ccc(C#N)nc4)CC3)cc2[nH]c1=O. The molecule has 4 rings (SSSR count). The number of fused-ring (bicyclic) bond motifs is 1. The van der Waals surface area contributed by atoms with Crippen molar-refractivity contribution in [2.45, 2.75) is 45.4 Å². The molecule has 1 N–H and O–H groups in total. The Kier molecular flexibility index (Phi) is 6.80. The third-order valence-corrected chi connectivity index (χ3v) is 11.6. The van der Waals surface area contributed by atoms with E-state index in [4.69, 9.17) is 5.26 Å². The molecule has 1 saturated heterocycles. The lowest BCUT2D eigenvalue weighted by Crippen LogP contribution is -2.46. The van der Waals surface area contributed by atoms with Crippen LogP contribution in [0.2, 0.25) is 18.1 Å². The van der Waals surface area contributed by atoms with E-state index in [9.17, 15) is 4.79 Å². The van der Waals surface area contributed by atoms with Crippen LogP contribution in [-0.2, 0) is 6.54 Å². The average molecular weight is 485 g/mol. The van der Waals surface area contributed by atoms with Gasteiger partial charge in [-0.05, 0) is 34.9 Å². The summed E-state index contributed by atoms with van der Waals surface area (Å²) in [6.45, 7) is 15.5. The van der Waals surface area contributed by atoms with Gasteiger partial charge in [-0.15, -0.1) is 5.54 Å². The summed E-state index contributed by atoms with van der Waals surface area (Å²) < 4.78 is 0. The predicted octanol–water partition coefficient (Wildman–Crippen LogP) is 3.91. The molecule has 0 spiro atoms. The number of nitriles is 1. The highest BCUT2D eigenvalue weighted by atomic mass is 28.3. The van der Waals surface area contributed by atoms with Crippen molar-refractivity contribution in [2.24, 2.45) is 0 Å². The van der Waals surface area contributed by atoms with Crippen molar-refractivity contribution >= 4 is 24.8 Å². The fraction of sp³-hybridized carbons (Fsp3) is 0.407. The van der Waals surface area contributed by atoms with Crippen molar-refractivity contribution in [3.05, 3.63) is 63.8 Å². The zero-order chi connectivity index (χ0) is 25.2. The number of piperazine rings is 1. The number of hydrogen-bond acceptors (Lipinski definition) is 6. The quantitative estimate of drug-likeness (QED) is 0.448. The molecule has 8 heteroatoms. The molecule has 4 heterocycles. The fourth-order valence-corrected chi connectivity index (χ4v) is 4.60. The Morgan fingerprint density at radius 1 is 1.09 bits per heavy atom. The van der Waals surface area contributed by atoms with Crippen LogP contribution in [0.15, 0.2) is 41.5 Å². The van der Waals surface area contributed by atoms with Gasteiger partial charge < -0.3 is 9.88 Å². The summed E-state index contributed by atoms with van der Waals surface area (Å²) in [4.78, 5) is 29.2. The number of hydrogen-bond donors (Lipinski definition) is 1. The molecule has 35 heavy (non-hydrogen) atoms. The van der Waals surface area contributed by atoms with E-state index in [1.165, 1.54) is 0 Å². The van der Waals surface area contributed by atoms with Crippen LogP contribution in [-0.4, -0.2) is 54.1 Å². The zero-order valence-electron chi connectivity index (χ0n) is 21.1. The van der Waals surface area contributed by atoms with E-state index in [-0.39, 0.29) is 10.6 Å². The second-order valence-electron chi connectivity index (χ2n) is 10.7. The molecular weight excluding hydrogens is 452 g/mol. The zero-order valence-corrected chi connectivity index (χ0v) is 22.1. The lowest BCUT2D eigenvalue weighted by atomic mass is 10.2. The minimum absolute atomic E-state index is 0.140. The van der Waals surface area contributed by atoms with E-state index >= 15 is 0 Å². The highest BCUT2D eigenvalue weighted by Gasteiger charge is 2.33. The highest BCUT2D eigenvalue weighted by molar-refractivity contribution is 6.87. The first kappa shape index (κ1) is 24.7.